The van der Waals surface area contributed by atoms with E-state index in [1.165, 1.54) is 0 Å². The average Bonchev–Trinajstić information content (AvgIpc) is 2.87. The monoisotopic (exact) mass is 225 g/mol. The number of hydrogen-bond donors (Lipinski definition) is 1. The van der Waals surface area contributed by atoms with Crippen molar-refractivity contribution in [2.45, 2.75) is 51.2 Å². The lowest BCUT2D eigenvalue weighted by atomic mass is 10.1. The van der Waals surface area contributed by atoms with Crippen molar-refractivity contribution in [2.75, 3.05) is 6.61 Å². The zero-order valence-corrected chi connectivity index (χ0v) is 9.69. The molecule has 0 saturated heterocycles. The van der Waals surface area contributed by atoms with Crippen LogP contribution in [-0.4, -0.2) is 22.8 Å². The Bertz CT molecular complexity index is 327. The molecule has 2 N–H and O–H groups in total. The molecule has 0 spiro atoms. The van der Waals surface area contributed by atoms with Crippen molar-refractivity contribution in [1.29, 1.82) is 0 Å². The second-order valence-electron chi connectivity index (χ2n) is 4.30. The Morgan fingerprint density at radius 2 is 2.38 bits per heavy atom. The number of nitrogens with zero attached hydrogens (tertiary/aromatic N) is 2. The highest BCUT2D eigenvalue weighted by Crippen LogP contribution is 2.32. The molecular formula is C11H19N3O2. The minimum Gasteiger partial charge on any atom is -0.373 e. The van der Waals surface area contributed by atoms with Gasteiger partial charge in [0.2, 0.25) is 5.89 Å². The molecule has 0 bridgehead atoms. The minimum atomic E-state index is 0.171. The van der Waals surface area contributed by atoms with Gasteiger partial charge in [0.1, 0.15) is 6.61 Å². The molecule has 1 heterocycles. The Kier molecular flexibility index (Phi) is 3.90. The molecule has 0 aliphatic heterocycles. The molecule has 5 heteroatoms. The highest BCUT2D eigenvalue weighted by Gasteiger charge is 2.30. The minimum absolute atomic E-state index is 0.171. The lowest BCUT2D eigenvalue weighted by Gasteiger charge is -2.08. The summed E-state index contributed by atoms with van der Waals surface area (Å²) in [6.07, 6.45) is 4.25. The first-order valence-corrected chi connectivity index (χ1v) is 5.97. The molecule has 0 radical (unpaired) electrons. The lowest BCUT2D eigenvalue weighted by molar-refractivity contribution is 0.114. The Labute approximate surface area is 95.3 Å². The summed E-state index contributed by atoms with van der Waals surface area (Å²) in [5.41, 5.74) is 5.98. The summed E-state index contributed by atoms with van der Waals surface area (Å²) in [6, 6.07) is 0.171. The summed E-state index contributed by atoms with van der Waals surface area (Å²) in [6.45, 7) is 3.23. The van der Waals surface area contributed by atoms with Crippen LogP contribution in [-0.2, 0) is 11.3 Å². The maximum atomic E-state index is 5.98. The predicted octanol–water partition coefficient (Wildman–Crippen LogP) is 1.59. The van der Waals surface area contributed by atoms with Crippen LogP contribution in [0.15, 0.2) is 4.52 Å². The molecule has 16 heavy (non-hydrogen) atoms. The van der Waals surface area contributed by atoms with Gasteiger partial charge in [0.15, 0.2) is 5.82 Å². The SMILES string of the molecule is CCCOCc1noc(C2CCCC2N)n1. The van der Waals surface area contributed by atoms with Crippen LogP contribution in [0.5, 0.6) is 0 Å². The fourth-order valence-corrected chi connectivity index (χ4v) is 2.08. The Balaban J connectivity index is 1.91. The van der Waals surface area contributed by atoms with Crippen molar-refractivity contribution in [3.8, 4) is 0 Å². The number of aromatic nitrogens is 2. The van der Waals surface area contributed by atoms with Crippen molar-refractivity contribution in [3.63, 3.8) is 0 Å². The Hall–Kier alpha value is -0.940. The summed E-state index contributed by atoms with van der Waals surface area (Å²) in [7, 11) is 0. The average molecular weight is 225 g/mol. The predicted molar refractivity (Wildman–Crippen MR) is 58.8 cm³/mol. The second kappa shape index (κ2) is 5.41. The number of rotatable bonds is 5. The summed E-state index contributed by atoms with van der Waals surface area (Å²) >= 11 is 0. The first kappa shape index (κ1) is 11.5. The molecule has 1 aromatic heterocycles. The van der Waals surface area contributed by atoms with Crippen LogP contribution >= 0.6 is 0 Å². The molecule has 5 nitrogen and oxygen atoms in total. The fraction of sp³-hybridized carbons (Fsp3) is 0.818. The van der Waals surface area contributed by atoms with Gasteiger partial charge in [0.25, 0.3) is 0 Å². The molecule has 1 saturated carbocycles. The molecule has 2 rings (SSSR count). The normalized spacial score (nSPS) is 25.1. The maximum absolute atomic E-state index is 5.98. The highest BCUT2D eigenvalue weighted by atomic mass is 16.5. The molecule has 2 unspecified atom stereocenters. The number of nitrogens with two attached hydrogens (primary N) is 1. The van der Waals surface area contributed by atoms with Crippen molar-refractivity contribution in [1.82, 2.24) is 10.1 Å². The van der Waals surface area contributed by atoms with Gasteiger partial charge in [-0.1, -0.05) is 18.5 Å². The molecule has 0 amide bonds. The Morgan fingerprint density at radius 1 is 1.50 bits per heavy atom. The van der Waals surface area contributed by atoms with Crippen molar-refractivity contribution in [3.05, 3.63) is 11.7 Å². The van der Waals surface area contributed by atoms with Gasteiger partial charge in [0.05, 0.1) is 5.92 Å². The smallest absolute Gasteiger partial charge is 0.231 e. The van der Waals surface area contributed by atoms with E-state index in [4.69, 9.17) is 15.0 Å². The van der Waals surface area contributed by atoms with Crippen LogP contribution in [0.3, 0.4) is 0 Å². The summed E-state index contributed by atoms with van der Waals surface area (Å²) in [5.74, 6) is 1.55. The van der Waals surface area contributed by atoms with E-state index in [0.29, 0.717) is 18.3 Å². The first-order chi connectivity index (χ1) is 7.81. The molecule has 90 valence electrons. The van der Waals surface area contributed by atoms with Crippen LogP contribution in [0.4, 0.5) is 0 Å². The summed E-state index contributed by atoms with van der Waals surface area (Å²) in [5, 5.41) is 3.90. The standard InChI is InChI=1S/C11H19N3O2/c1-2-6-15-7-10-13-11(16-14-10)8-4-3-5-9(8)12/h8-9H,2-7,12H2,1H3. The lowest BCUT2D eigenvalue weighted by Crippen LogP contribution is -2.22. The van der Waals surface area contributed by atoms with Gasteiger partial charge >= 0.3 is 0 Å². The van der Waals surface area contributed by atoms with Crippen LogP contribution in [0.25, 0.3) is 0 Å². The van der Waals surface area contributed by atoms with Gasteiger partial charge in [-0.2, -0.15) is 4.98 Å². The van der Waals surface area contributed by atoms with E-state index in [0.717, 1.165) is 32.3 Å². The van der Waals surface area contributed by atoms with Gasteiger partial charge in [-0.3, -0.25) is 0 Å². The third kappa shape index (κ3) is 2.59. The van der Waals surface area contributed by atoms with Crippen molar-refractivity contribution < 1.29 is 9.26 Å². The van der Waals surface area contributed by atoms with Gasteiger partial charge < -0.3 is 15.0 Å². The van der Waals surface area contributed by atoms with Crippen molar-refractivity contribution >= 4 is 0 Å². The summed E-state index contributed by atoms with van der Waals surface area (Å²) in [4.78, 5) is 4.33. The van der Waals surface area contributed by atoms with Gasteiger partial charge in [-0.15, -0.1) is 0 Å². The van der Waals surface area contributed by atoms with E-state index in [9.17, 15) is 0 Å². The molecule has 0 aromatic carbocycles. The molecular weight excluding hydrogens is 206 g/mol. The highest BCUT2D eigenvalue weighted by molar-refractivity contribution is 5.01. The van der Waals surface area contributed by atoms with Crippen molar-refractivity contribution in [2.24, 2.45) is 5.73 Å². The van der Waals surface area contributed by atoms with E-state index in [2.05, 4.69) is 17.1 Å². The topological polar surface area (TPSA) is 74.2 Å². The molecule has 1 aliphatic carbocycles. The van der Waals surface area contributed by atoms with Gasteiger partial charge in [-0.05, 0) is 19.3 Å². The van der Waals surface area contributed by atoms with E-state index in [-0.39, 0.29) is 12.0 Å². The first-order valence-electron chi connectivity index (χ1n) is 5.97. The number of hydrogen-bond acceptors (Lipinski definition) is 5. The third-order valence-corrected chi connectivity index (χ3v) is 2.95. The van der Waals surface area contributed by atoms with E-state index >= 15 is 0 Å². The Morgan fingerprint density at radius 3 is 3.06 bits per heavy atom. The third-order valence-electron chi connectivity index (χ3n) is 2.95. The van der Waals surface area contributed by atoms with Gasteiger partial charge in [-0.25, -0.2) is 0 Å². The van der Waals surface area contributed by atoms with Crippen LogP contribution in [0.2, 0.25) is 0 Å². The molecule has 1 aromatic rings. The zero-order valence-electron chi connectivity index (χ0n) is 9.69. The van der Waals surface area contributed by atoms with Gasteiger partial charge in [0, 0.05) is 12.6 Å². The van der Waals surface area contributed by atoms with E-state index in [1.807, 2.05) is 0 Å². The fourth-order valence-electron chi connectivity index (χ4n) is 2.08. The molecule has 1 fully saturated rings. The largest absolute Gasteiger partial charge is 0.373 e. The molecule has 2 atom stereocenters. The van der Waals surface area contributed by atoms with E-state index < -0.39 is 0 Å². The maximum Gasteiger partial charge on any atom is 0.231 e. The quantitative estimate of drug-likeness (QED) is 0.770. The molecule has 1 aliphatic rings. The number of ether oxygens (including phenoxy) is 1. The zero-order chi connectivity index (χ0) is 11.4. The van der Waals surface area contributed by atoms with Crippen LogP contribution in [0, 0.1) is 0 Å². The van der Waals surface area contributed by atoms with Crippen LogP contribution < -0.4 is 5.73 Å². The second-order valence-corrected chi connectivity index (χ2v) is 4.30. The summed E-state index contributed by atoms with van der Waals surface area (Å²) < 4.78 is 10.6. The van der Waals surface area contributed by atoms with E-state index in [1.54, 1.807) is 0 Å². The van der Waals surface area contributed by atoms with Crippen LogP contribution in [0.1, 0.15) is 50.2 Å².